The summed E-state index contributed by atoms with van der Waals surface area (Å²) in [7, 11) is -3.10. The van der Waals surface area contributed by atoms with Gasteiger partial charge in [0.1, 0.15) is 0 Å². The molecule has 0 aromatic heterocycles. The van der Waals surface area contributed by atoms with Crippen LogP contribution in [0.2, 0.25) is 0 Å². The predicted octanol–water partition coefficient (Wildman–Crippen LogP) is 1.49. The van der Waals surface area contributed by atoms with Crippen molar-refractivity contribution in [1.29, 1.82) is 5.26 Å². The van der Waals surface area contributed by atoms with Crippen molar-refractivity contribution in [2.75, 3.05) is 0 Å². The molecule has 3 nitrogen and oxygen atoms in total. The van der Waals surface area contributed by atoms with E-state index in [1.807, 2.05) is 6.07 Å². The minimum absolute atomic E-state index is 0.185. The molecule has 0 unspecified atom stereocenters. The number of hydrogen-bond acceptors (Lipinski definition) is 3. The van der Waals surface area contributed by atoms with E-state index in [2.05, 4.69) is 0 Å². The van der Waals surface area contributed by atoms with Crippen molar-refractivity contribution in [2.24, 2.45) is 0 Å². The molecule has 14 heavy (non-hydrogen) atoms. The third-order valence-electron chi connectivity index (χ3n) is 2.28. The van der Waals surface area contributed by atoms with E-state index in [0.29, 0.717) is 10.5 Å². The van der Waals surface area contributed by atoms with E-state index in [-0.39, 0.29) is 5.25 Å². The highest BCUT2D eigenvalue weighted by atomic mass is 32.2. The van der Waals surface area contributed by atoms with Gasteiger partial charge >= 0.3 is 0 Å². The molecule has 72 valence electrons. The molecule has 0 amide bonds. The summed E-state index contributed by atoms with van der Waals surface area (Å²) in [6.45, 7) is 0. The van der Waals surface area contributed by atoms with Crippen LogP contribution in [-0.4, -0.2) is 13.7 Å². The first-order valence-electron chi connectivity index (χ1n) is 4.38. The Kier molecular flexibility index (Phi) is 2.05. The number of benzene rings is 1. The Morgan fingerprint density at radius 2 is 1.79 bits per heavy atom. The van der Waals surface area contributed by atoms with Gasteiger partial charge in [-0.25, -0.2) is 8.42 Å². The number of sulfone groups is 1. The van der Waals surface area contributed by atoms with Crippen molar-refractivity contribution in [2.45, 2.75) is 23.0 Å². The molecule has 0 saturated heterocycles. The molecule has 1 aromatic carbocycles. The normalized spacial score (nSPS) is 16.2. The van der Waals surface area contributed by atoms with E-state index >= 15 is 0 Å². The van der Waals surface area contributed by atoms with Crippen LogP contribution in [0, 0.1) is 11.3 Å². The summed E-state index contributed by atoms with van der Waals surface area (Å²) in [6.07, 6.45) is 1.53. The Labute approximate surface area is 82.9 Å². The maximum Gasteiger partial charge on any atom is 0.181 e. The zero-order valence-electron chi connectivity index (χ0n) is 7.47. The van der Waals surface area contributed by atoms with Crippen LogP contribution in [0.25, 0.3) is 0 Å². The molecule has 0 aliphatic heterocycles. The highest BCUT2D eigenvalue weighted by Gasteiger charge is 2.36. The lowest BCUT2D eigenvalue weighted by atomic mass is 10.2. The van der Waals surface area contributed by atoms with E-state index in [1.165, 1.54) is 24.3 Å². The monoisotopic (exact) mass is 207 g/mol. The highest BCUT2D eigenvalue weighted by Crippen LogP contribution is 2.33. The minimum Gasteiger partial charge on any atom is -0.223 e. The third-order valence-corrected chi connectivity index (χ3v) is 4.55. The summed E-state index contributed by atoms with van der Waals surface area (Å²) >= 11 is 0. The second-order valence-corrected chi connectivity index (χ2v) is 5.61. The van der Waals surface area contributed by atoms with Gasteiger partial charge in [-0.05, 0) is 37.1 Å². The summed E-state index contributed by atoms with van der Waals surface area (Å²) < 4.78 is 23.4. The fourth-order valence-electron chi connectivity index (χ4n) is 1.29. The van der Waals surface area contributed by atoms with Gasteiger partial charge in [-0.2, -0.15) is 5.26 Å². The average Bonchev–Trinajstić information content (AvgIpc) is 3.01. The zero-order chi connectivity index (χ0) is 10.2. The van der Waals surface area contributed by atoms with Crippen LogP contribution in [0.15, 0.2) is 29.2 Å². The SMILES string of the molecule is N#Cc1ccc(S(=O)(=O)C2CC2)cc1. The van der Waals surface area contributed by atoms with Gasteiger partial charge in [0.15, 0.2) is 9.84 Å². The Balaban J connectivity index is 2.38. The smallest absolute Gasteiger partial charge is 0.181 e. The Morgan fingerprint density at radius 3 is 2.21 bits per heavy atom. The van der Waals surface area contributed by atoms with E-state index in [0.717, 1.165) is 12.8 Å². The van der Waals surface area contributed by atoms with E-state index in [9.17, 15) is 8.42 Å². The molecule has 2 rings (SSSR count). The predicted molar refractivity (Wildman–Crippen MR) is 51.4 cm³/mol. The molecule has 1 aliphatic carbocycles. The number of hydrogen-bond donors (Lipinski definition) is 0. The van der Waals surface area contributed by atoms with Gasteiger partial charge in [-0.1, -0.05) is 0 Å². The van der Waals surface area contributed by atoms with Crippen molar-refractivity contribution in [3.63, 3.8) is 0 Å². The van der Waals surface area contributed by atoms with Crippen LogP contribution in [0.1, 0.15) is 18.4 Å². The zero-order valence-corrected chi connectivity index (χ0v) is 8.29. The Hall–Kier alpha value is -1.34. The lowest BCUT2D eigenvalue weighted by Crippen LogP contribution is -2.06. The summed E-state index contributed by atoms with van der Waals surface area (Å²) in [5, 5.41) is 8.37. The van der Waals surface area contributed by atoms with E-state index in [4.69, 9.17) is 5.26 Å². The third kappa shape index (κ3) is 1.51. The Bertz CT molecular complexity index is 478. The number of nitriles is 1. The molecule has 1 fully saturated rings. The lowest BCUT2D eigenvalue weighted by Gasteiger charge is -2.01. The molecular weight excluding hydrogens is 198 g/mol. The molecule has 4 heteroatoms. The fraction of sp³-hybridized carbons (Fsp3) is 0.300. The van der Waals surface area contributed by atoms with Gasteiger partial charge in [0.05, 0.1) is 21.8 Å². The minimum atomic E-state index is -3.10. The van der Waals surface area contributed by atoms with E-state index < -0.39 is 9.84 Å². The van der Waals surface area contributed by atoms with Gasteiger partial charge < -0.3 is 0 Å². The maximum absolute atomic E-state index is 11.7. The topological polar surface area (TPSA) is 57.9 Å². The molecule has 0 spiro atoms. The molecule has 1 aliphatic rings. The highest BCUT2D eigenvalue weighted by molar-refractivity contribution is 7.92. The van der Waals surface area contributed by atoms with Gasteiger partial charge in [0.2, 0.25) is 0 Å². The summed E-state index contributed by atoms with van der Waals surface area (Å²) in [4.78, 5) is 0.332. The largest absolute Gasteiger partial charge is 0.223 e. The molecule has 0 N–H and O–H groups in total. The first-order chi connectivity index (χ1) is 6.64. The van der Waals surface area contributed by atoms with Crippen LogP contribution >= 0.6 is 0 Å². The van der Waals surface area contributed by atoms with Crippen molar-refractivity contribution in [3.8, 4) is 6.07 Å². The van der Waals surface area contributed by atoms with Crippen LogP contribution in [0.5, 0.6) is 0 Å². The van der Waals surface area contributed by atoms with E-state index in [1.54, 1.807) is 0 Å². The Morgan fingerprint density at radius 1 is 1.21 bits per heavy atom. The van der Waals surface area contributed by atoms with Crippen LogP contribution in [0.3, 0.4) is 0 Å². The first kappa shape index (κ1) is 9.22. The van der Waals surface area contributed by atoms with Crippen LogP contribution in [-0.2, 0) is 9.84 Å². The van der Waals surface area contributed by atoms with Crippen molar-refractivity contribution < 1.29 is 8.42 Å². The van der Waals surface area contributed by atoms with Gasteiger partial charge in [0.25, 0.3) is 0 Å². The second-order valence-electron chi connectivity index (χ2n) is 3.38. The number of nitrogens with zero attached hydrogens (tertiary/aromatic N) is 1. The quantitative estimate of drug-likeness (QED) is 0.738. The molecule has 1 aromatic rings. The molecule has 0 radical (unpaired) electrons. The fourth-order valence-corrected chi connectivity index (χ4v) is 2.95. The number of rotatable bonds is 2. The van der Waals surface area contributed by atoms with Crippen molar-refractivity contribution in [3.05, 3.63) is 29.8 Å². The lowest BCUT2D eigenvalue weighted by molar-refractivity contribution is 0.595. The summed E-state index contributed by atoms with van der Waals surface area (Å²) in [5.41, 5.74) is 0.486. The molecule has 0 atom stereocenters. The summed E-state index contributed by atoms with van der Waals surface area (Å²) in [5.74, 6) is 0. The molecular formula is C10H9NO2S. The van der Waals surface area contributed by atoms with Crippen LogP contribution in [0.4, 0.5) is 0 Å². The molecule has 0 bridgehead atoms. The van der Waals surface area contributed by atoms with Gasteiger partial charge in [-0.3, -0.25) is 0 Å². The first-order valence-corrected chi connectivity index (χ1v) is 5.93. The second kappa shape index (κ2) is 3.10. The average molecular weight is 207 g/mol. The summed E-state index contributed by atoms with van der Waals surface area (Å²) in [6, 6.07) is 8.04. The molecule has 1 saturated carbocycles. The maximum atomic E-state index is 11.7. The van der Waals surface area contributed by atoms with Gasteiger partial charge in [-0.15, -0.1) is 0 Å². The molecule has 0 heterocycles. The van der Waals surface area contributed by atoms with Gasteiger partial charge in [0, 0.05) is 0 Å². The van der Waals surface area contributed by atoms with Crippen molar-refractivity contribution >= 4 is 9.84 Å². The van der Waals surface area contributed by atoms with Crippen LogP contribution < -0.4 is 0 Å². The van der Waals surface area contributed by atoms with Crippen molar-refractivity contribution in [1.82, 2.24) is 0 Å². The standard InChI is InChI=1S/C10H9NO2S/c11-7-8-1-3-9(4-2-8)14(12,13)10-5-6-10/h1-4,10H,5-6H2.